The molecule has 4 heteroatoms. The number of rotatable bonds is 2. The third kappa shape index (κ3) is 2.72. The molecule has 2 saturated heterocycles. The number of imide groups is 1. The number of benzene rings is 1. The average molecular weight is 287 g/mol. The van der Waals surface area contributed by atoms with Gasteiger partial charge in [0, 0.05) is 11.8 Å². The molecule has 0 bridgehead atoms. The van der Waals surface area contributed by atoms with Crippen molar-refractivity contribution >= 4 is 17.5 Å². The standard InChI is InChI=1S/C17H22N2O2/c1-12-8-13(2)11-18(10-12)15-9-16(20)19(17(15)21)14-6-4-3-5-7-14/h3-7,12-13,15H,8-11H2,1-2H3/p+1/t12-,13+,15-/m0/s1. The molecule has 1 aromatic rings. The van der Waals surface area contributed by atoms with Crippen LogP contribution in [0.25, 0.3) is 0 Å². The van der Waals surface area contributed by atoms with Crippen molar-refractivity contribution in [1.82, 2.24) is 0 Å². The molecule has 2 fully saturated rings. The van der Waals surface area contributed by atoms with E-state index in [9.17, 15) is 9.59 Å². The molecule has 2 amide bonds. The van der Waals surface area contributed by atoms with Gasteiger partial charge in [0.1, 0.15) is 0 Å². The average Bonchev–Trinajstić information content (AvgIpc) is 2.74. The molecule has 1 unspecified atom stereocenters. The molecule has 4 nitrogen and oxygen atoms in total. The SMILES string of the molecule is C[C@@H]1C[C@H](C)C[NH+]([C@H]2CC(=O)N(c3ccccc3)C2=O)C1. The summed E-state index contributed by atoms with van der Waals surface area (Å²) in [6.45, 7) is 6.48. The maximum absolute atomic E-state index is 12.7. The van der Waals surface area contributed by atoms with E-state index >= 15 is 0 Å². The van der Waals surface area contributed by atoms with Gasteiger partial charge in [-0.3, -0.25) is 9.59 Å². The lowest BCUT2D eigenvalue weighted by Crippen LogP contribution is -3.18. The van der Waals surface area contributed by atoms with Gasteiger partial charge in [-0.05, 0) is 18.6 Å². The van der Waals surface area contributed by atoms with Crippen molar-refractivity contribution in [2.24, 2.45) is 11.8 Å². The summed E-state index contributed by atoms with van der Waals surface area (Å²) in [5.41, 5.74) is 0.701. The van der Waals surface area contributed by atoms with Gasteiger partial charge in [0.15, 0.2) is 6.04 Å². The van der Waals surface area contributed by atoms with Gasteiger partial charge in [-0.1, -0.05) is 32.0 Å². The Kier molecular flexibility index (Phi) is 3.81. The van der Waals surface area contributed by atoms with E-state index in [0.29, 0.717) is 23.9 Å². The van der Waals surface area contributed by atoms with Crippen LogP contribution >= 0.6 is 0 Å². The number of quaternary nitrogens is 1. The molecule has 0 spiro atoms. The Balaban J connectivity index is 1.80. The summed E-state index contributed by atoms with van der Waals surface area (Å²) >= 11 is 0. The molecule has 0 aliphatic carbocycles. The Morgan fingerprint density at radius 3 is 2.29 bits per heavy atom. The van der Waals surface area contributed by atoms with Gasteiger partial charge < -0.3 is 4.90 Å². The summed E-state index contributed by atoms with van der Waals surface area (Å²) in [7, 11) is 0. The van der Waals surface area contributed by atoms with Crippen LogP contribution in [0.2, 0.25) is 0 Å². The van der Waals surface area contributed by atoms with E-state index in [1.807, 2.05) is 30.3 Å². The van der Waals surface area contributed by atoms with E-state index in [-0.39, 0.29) is 17.9 Å². The molecule has 21 heavy (non-hydrogen) atoms. The molecule has 2 aliphatic rings. The monoisotopic (exact) mass is 287 g/mol. The number of hydrogen-bond donors (Lipinski definition) is 1. The quantitative estimate of drug-likeness (QED) is 0.821. The highest BCUT2D eigenvalue weighted by atomic mass is 16.2. The zero-order valence-electron chi connectivity index (χ0n) is 12.7. The van der Waals surface area contributed by atoms with E-state index in [4.69, 9.17) is 0 Å². The van der Waals surface area contributed by atoms with Gasteiger partial charge in [-0.25, -0.2) is 4.90 Å². The minimum Gasteiger partial charge on any atom is -0.324 e. The van der Waals surface area contributed by atoms with Crippen molar-refractivity contribution in [3.63, 3.8) is 0 Å². The molecule has 1 aromatic carbocycles. The van der Waals surface area contributed by atoms with Gasteiger partial charge in [0.05, 0.1) is 25.2 Å². The Hall–Kier alpha value is -1.68. The first-order valence-corrected chi connectivity index (χ1v) is 7.82. The van der Waals surface area contributed by atoms with Crippen LogP contribution in [-0.4, -0.2) is 30.9 Å². The number of piperidine rings is 1. The van der Waals surface area contributed by atoms with Gasteiger partial charge in [-0.15, -0.1) is 0 Å². The Bertz CT molecular complexity index is 533. The summed E-state index contributed by atoms with van der Waals surface area (Å²) in [6, 6.07) is 9.08. The van der Waals surface area contributed by atoms with Crippen LogP contribution < -0.4 is 9.80 Å². The maximum Gasteiger partial charge on any atom is 0.292 e. The first-order chi connectivity index (χ1) is 10.1. The van der Waals surface area contributed by atoms with Crippen molar-refractivity contribution in [3.05, 3.63) is 30.3 Å². The highest BCUT2D eigenvalue weighted by Crippen LogP contribution is 2.22. The second-order valence-corrected chi connectivity index (χ2v) is 6.67. The number of likely N-dealkylation sites (tertiary alicyclic amines) is 1. The number of anilines is 1. The molecule has 0 aromatic heterocycles. The van der Waals surface area contributed by atoms with Crippen LogP contribution in [0.15, 0.2) is 30.3 Å². The highest BCUT2D eigenvalue weighted by molar-refractivity contribution is 6.21. The number of nitrogens with one attached hydrogen (secondary N) is 1. The molecule has 0 saturated carbocycles. The fraction of sp³-hybridized carbons (Fsp3) is 0.529. The molecule has 4 atom stereocenters. The lowest BCUT2D eigenvalue weighted by Gasteiger charge is -2.34. The second kappa shape index (κ2) is 5.60. The largest absolute Gasteiger partial charge is 0.324 e. The van der Waals surface area contributed by atoms with Crippen molar-refractivity contribution < 1.29 is 14.5 Å². The first-order valence-electron chi connectivity index (χ1n) is 7.82. The van der Waals surface area contributed by atoms with Gasteiger partial charge in [-0.2, -0.15) is 0 Å². The minimum atomic E-state index is -0.192. The van der Waals surface area contributed by atoms with Crippen LogP contribution in [0.5, 0.6) is 0 Å². The molecule has 112 valence electrons. The smallest absolute Gasteiger partial charge is 0.292 e. The number of carbonyl (C=O) groups excluding carboxylic acids is 2. The van der Waals surface area contributed by atoms with Crippen molar-refractivity contribution in [1.29, 1.82) is 0 Å². The zero-order chi connectivity index (χ0) is 15.0. The van der Waals surface area contributed by atoms with Crippen LogP contribution in [0.1, 0.15) is 26.7 Å². The van der Waals surface area contributed by atoms with Crippen LogP contribution in [0.3, 0.4) is 0 Å². The molecular formula is C17H23N2O2+. The van der Waals surface area contributed by atoms with E-state index in [2.05, 4.69) is 13.8 Å². The summed E-state index contributed by atoms with van der Waals surface area (Å²) in [5.74, 6) is 1.16. The fourth-order valence-electron chi connectivity index (χ4n) is 3.92. The predicted molar refractivity (Wildman–Crippen MR) is 81.0 cm³/mol. The molecule has 2 aliphatic heterocycles. The molecule has 0 radical (unpaired) electrons. The third-order valence-electron chi connectivity index (χ3n) is 4.68. The normalized spacial score (nSPS) is 33.5. The molecule has 3 rings (SSSR count). The van der Waals surface area contributed by atoms with E-state index < -0.39 is 0 Å². The summed E-state index contributed by atoms with van der Waals surface area (Å²) in [5, 5.41) is 0. The molecule has 2 heterocycles. The van der Waals surface area contributed by atoms with Crippen molar-refractivity contribution in [2.75, 3.05) is 18.0 Å². The van der Waals surface area contributed by atoms with E-state index in [0.717, 1.165) is 13.1 Å². The number of hydrogen-bond acceptors (Lipinski definition) is 2. The first kappa shape index (κ1) is 14.3. The summed E-state index contributed by atoms with van der Waals surface area (Å²) < 4.78 is 0. The predicted octanol–water partition coefficient (Wildman–Crippen LogP) is 0.879. The number of nitrogens with zero attached hydrogens (tertiary/aromatic N) is 1. The maximum atomic E-state index is 12.7. The molecule has 1 N–H and O–H groups in total. The summed E-state index contributed by atoms with van der Waals surface area (Å²) in [6.07, 6.45) is 1.57. The number of amides is 2. The lowest BCUT2D eigenvalue weighted by atomic mass is 9.90. The van der Waals surface area contributed by atoms with Crippen molar-refractivity contribution in [3.8, 4) is 0 Å². The fourth-order valence-corrected chi connectivity index (χ4v) is 3.92. The third-order valence-corrected chi connectivity index (χ3v) is 4.68. The highest BCUT2D eigenvalue weighted by Gasteiger charge is 2.47. The van der Waals surface area contributed by atoms with Gasteiger partial charge >= 0.3 is 0 Å². The number of para-hydroxylation sites is 1. The van der Waals surface area contributed by atoms with Crippen LogP contribution in [-0.2, 0) is 9.59 Å². The Morgan fingerprint density at radius 1 is 1.05 bits per heavy atom. The zero-order valence-corrected chi connectivity index (χ0v) is 12.7. The van der Waals surface area contributed by atoms with Crippen molar-refractivity contribution in [2.45, 2.75) is 32.7 Å². The lowest BCUT2D eigenvalue weighted by molar-refractivity contribution is -0.926. The second-order valence-electron chi connectivity index (χ2n) is 6.67. The van der Waals surface area contributed by atoms with Gasteiger partial charge in [0.2, 0.25) is 5.91 Å². The topological polar surface area (TPSA) is 41.8 Å². The number of carbonyl (C=O) groups is 2. The molecular weight excluding hydrogens is 264 g/mol. The minimum absolute atomic E-state index is 0.0255. The van der Waals surface area contributed by atoms with E-state index in [1.54, 1.807) is 0 Å². The Labute approximate surface area is 125 Å². The van der Waals surface area contributed by atoms with E-state index in [1.165, 1.54) is 16.2 Å². The van der Waals surface area contributed by atoms with Gasteiger partial charge in [0.25, 0.3) is 5.91 Å². The Morgan fingerprint density at radius 2 is 1.67 bits per heavy atom. The van der Waals surface area contributed by atoms with Crippen LogP contribution in [0.4, 0.5) is 5.69 Å². The summed E-state index contributed by atoms with van der Waals surface area (Å²) in [4.78, 5) is 27.7. The van der Waals surface area contributed by atoms with Crippen LogP contribution in [0, 0.1) is 11.8 Å².